The molecule has 3 aromatic rings. The van der Waals surface area contributed by atoms with E-state index in [2.05, 4.69) is 10.3 Å². The first-order valence-electron chi connectivity index (χ1n) is 8.19. The number of hydrogen-bond donors (Lipinski definition) is 2. The van der Waals surface area contributed by atoms with Crippen LogP contribution in [0.15, 0.2) is 36.4 Å². The van der Waals surface area contributed by atoms with E-state index in [0.717, 1.165) is 11.3 Å². The Morgan fingerprint density at radius 3 is 2.52 bits per heavy atom. The summed E-state index contributed by atoms with van der Waals surface area (Å²) < 4.78 is 46.4. The molecule has 0 spiro atoms. The van der Waals surface area contributed by atoms with Gasteiger partial charge < -0.3 is 10.5 Å². The molecule has 6 nitrogen and oxygen atoms in total. The van der Waals surface area contributed by atoms with Gasteiger partial charge >= 0.3 is 0 Å². The average Bonchev–Trinajstić information content (AvgIpc) is 2.99. The minimum Gasteiger partial charge on any atom is -0.484 e. The van der Waals surface area contributed by atoms with Crippen LogP contribution >= 0.6 is 11.3 Å². The number of benzene rings is 2. The summed E-state index contributed by atoms with van der Waals surface area (Å²) in [5.74, 6) is -4.16. The molecule has 0 radical (unpaired) electrons. The van der Waals surface area contributed by atoms with Crippen LogP contribution in [0.3, 0.4) is 0 Å². The summed E-state index contributed by atoms with van der Waals surface area (Å²) in [6, 6.07) is 7.11. The van der Waals surface area contributed by atoms with E-state index in [0.29, 0.717) is 17.0 Å². The minimum absolute atomic E-state index is 0.0321. The van der Waals surface area contributed by atoms with Gasteiger partial charge in [-0.2, -0.15) is 0 Å². The number of carbonyl (C=O) groups is 2. The molecule has 0 aliphatic carbocycles. The van der Waals surface area contributed by atoms with Gasteiger partial charge in [-0.3, -0.25) is 14.9 Å². The Morgan fingerprint density at radius 2 is 1.86 bits per heavy atom. The van der Waals surface area contributed by atoms with Crippen LogP contribution in [-0.4, -0.2) is 23.4 Å². The van der Waals surface area contributed by atoms with Crippen LogP contribution in [0.1, 0.15) is 15.2 Å². The average molecular weight is 421 g/mol. The molecule has 0 bridgehead atoms. The van der Waals surface area contributed by atoms with Crippen molar-refractivity contribution in [2.24, 2.45) is 5.73 Å². The fraction of sp³-hybridized carbons (Fsp3) is 0.105. The maximum Gasteiger partial charge on any atom is 0.264 e. The lowest BCUT2D eigenvalue weighted by molar-refractivity contribution is -0.118. The Balaban J connectivity index is 1.70. The summed E-state index contributed by atoms with van der Waals surface area (Å²) in [7, 11) is 0. The monoisotopic (exact) mass is 421 g/mol. The Morgan fingerprint density at radius 1 is 1.17 bits per heavy atom. The number of amides is 2. The summed E-state index contributed by atoms with van der Waals surface area (Å²) >= 11 is 1.00. The second-order valence-corrected chi connectivity index (χ2v) is 7.10. The summed E-state index contributed by atoms with van der Waals surface area (Å²) in [6.45, 7) is 1.17. The van der Waals surface area contributed by atoms with Gasteiger partial charge in [-0.25, -0.2) is 18.2 Å². The second-order valence-electron chi connectivity index (χ2n) is 5.90. The van der Waals surface area contributed by atoms with Crippen LogP contribution in [0.25, 0.3) is 11.3 Å². The van der Waals surface area contributed by atoms with Gasteiger partial charge in [-0.05, 0) is 25.1 Å². The molecule has 0 fully saturated rings. The van der Waals surface area contributed by atoms with Gasteiger partial charge in [0.05, 0.1) is 11.3 Å². The normalized spacial score (nSPS) is 10.6. The van der Waals surface area contributed by atoms with Crippen LogP contribution < -0.4 is 15.8 Å². The molecule has 0 unspecified atom stereocenters. The molecular formula is C19H14F3N3O3S. The molecule has 2 aromatic carbocycles. The molecule has 2 amide bonds. The predicted octanol–water partition coefficient (Wildman–Crippen LogP) is 3.65. The van der Waals surface area contributed by atoms with Crippen molar-refractivity contribution in [2.75, 3.05) is 11.9 Å². The maximum absolute atomic E-state index is 14.0. The Kier molecular flexibility index (Phi) is 5.83. The summed E-state index contributed by atoms with van der Waals surface area (Å²) in [4.78, 5) is 27.7. The number of halogens is 3. The number of rotatable bonds is 6. The van der Waals surface area contributed by atoms with Crippen LogP contribution in [0, 0.1) is 24.4 Å². The van der Waals surface area contributed by atoms with E-state index in [1.807, 2.05) is 0 Å². The van der Waals surface area contributed by atoms with Gasteiger partial charge in [0.25, 0.3) is 5.91 Å². The molecule has 0 aliphatic rings. The van der Waals surface area contributed by atoms with Crippen molar-refractivity contribution < 1.29 is 27.5 Å². The molecule has 3 N–H and O–H groups in total. The number of nitrogens with one attached hydrogen (secondary N) is 1. The predicted molar refractivity (Wildman–Crippen MR) is 101 cm³/mol. The highest BCUT2D eigenvalue weighted by Gasteiger charge is 2.20. The molecule has 0 atom stereocenters. The number of primary amides is 1. The lowest BCUT2D eigenvalue weighted by atomic mass is 10.1. The first-order valence-corrected chi connectivity index (χ1v) is 9.01. The highest BCUT2D eigenvalue weighted by molar-refractivity contribution is 7.16. The van der Waals surface area contributed by atoms with Crippen LogP contribution in [0.2, 0.25) is 0 Å². The molecule has 1 heterocycles. The van der Waals surface area contributed by atoms with Gasteiger partial charge in [0.1, 0.15) is 23.2 Å². The van der Waals surface area contributed by atoms with E-state index in [1.165, 1.54) is 12.1 Å². The zero-order valence-corrected chi connectivity index (χ0v) is 15.8. The molecule has 0 saturated heterocycles. The molecule has 0 aliphatic heterocycles. The largest absolute Gasteiger partial charge is 0.484 e. The van der Waals surface area contributed by atoms with Gasteiger partial charge in [-0.15, -0.1) is 11.3 Å². The SMILES string of the molecule is Cc1sc(NC(=O)COc2cccc(C(N)=O)c2)nc1-c1c(F)cc(F)cc1F. The number of nitrogens with zero attached hydrogens (tertiary/aromatic N) is 1. The quantitative estimate of drug-likeness (QED) is 0.635. The van der Waals surface area contributed by atoms with E-state index in [9.17, 15) is 22.8 Å². The van der Waals surface area contributed by atoms with Crippen molar-refractivity contribution in [1.82, 2.24) is 4.98 Å². The first kappa shape index (κ1) is 20.3. The number of carbonyl (C=O) groups excluding carboxylic acids is 2. The molecule has 0 saturated carbocycles. The van der Waals surface area contributed by atoms with Crippen molar-refractivity contribution in [3.05, 3.63) is 64.3 Å². The number of thiazole rings is 1. The minimum atomic E-state index is -1.09. The Bertz CT molecular complexity index is 1080. The lowest BCUT2D eigenvalue weighted by Crippen LogP contribution is -2.20. The maximum atomic E-state index is 14.0. The Hall–Kier alpha value is -3.40. The van der Waals surface area contributed by atoms with Crippen molar-refractivity contribution in [2.45, 2.75) is 6.92 Å². The second kappa shape index (κ2) is 8.31. The van der Waals surface area contributed by atoms with Gasteiger partial charge in [-0.1, -0.05) is 6.07 Å². The van der Waals surface area contributed by atoms with E-state index in [1.54, 1.807) is 19.1 Å². The number of aromatic nitrogens is 1. The summed E-state index contributed by atoms with van der Waals surface area (Å²) in [5, 5.41) is 2.56. The number of nitrogens with two attached hydrogens (primary N) is 1. The Labute approximate surface area is 167 Å². The van der Waals surface area contributed by atoms with E-state index >= 15 is 0 Å². The van der Waals surface area contributed by atoms with Crippen LogP contribution in [0.4, 0.5) is 18.3 Å². The third kappa shape index (κ3) is 4.72. The third-order valence-electron chi connectivity index (χ3n) is 3.78. The smallest absolute Gasteiger partial charge is 0.264 e. The van der Waals surface area contributed by atoms with Crippen molar-refractivity contribution in [3.63, 3.8) is 0 Å². The highest BCUT2D eigenvalue weighted by Crippen LogP contribution is 2.34. The standard InChI is InChI=1S/C19H14F3N3O3S/c1-9-17(16-13(21)6-11(20)7-14(16)22)25-19(29-9)24-15(26)8-28-12-4-2-3-10(5-12)18(23)27/h2-7H,8H2,1H3,(H2,23,27)(H,24,25,26). The molecule has 150 valence electrons. The lowest BCUT2D eigenvalue weighted by Gasteiger charge is -2.06. The topological polar surface area (TPSA) is 94.3 Å². The van der Waals surface area contributed by atoms with Crippen LogP contribution in [-0.2, 0) is 4.79 Å². The molecule has 3 rings (SSSR count). The summed E-state index contributed by atoms with van der Waals surface area (Å²) in [6.07, 6.45) is 0. The highest BCUT2D eigenvalue weighted by atomic mass is 32.1. The molecular weight excluding hydrogens is 407 g/mol. The van der Waals surface area contributed by atoms with E-state index in [4.69, 9.17) is 10.5 Å². The van der Waals surface area contributed by atoms with Gasteiger partial charge in [0, 0.05) is 22.6 Å². The van der Waals surface area contributed by atoms with Crippen LogP contribution in [0.5, 0.6) is 5.75 Å². The fourth-order valence-corrected chi connectivity index (χ4v) is 3.33. The molecule has 29 heavy (non-hydrogen) atoms. The summed E-state index contributed by atoms with van der Waals surface area (Å²) in [5.41, 5.74) is 4.90. The first-order chi connectivity index (χ1) is 13.7. The van der Waals surface area contributed by atoms with E-state index < -0.39 is 41.4 Å². The van der Waals surface area contributed by atoms with Crippen molar-refractivity contribution in [3.8, 4) is 17.0 Å². The zero-order valence-electron chi connectivity index (χ0n) is 15.0. The van der Waals surface area contributed by atoms with Crippen molar-refractivity contribution in [1.29, 1.82) is 0 Å². The number of ether oxygens (including phenoxy) is 1. The third-order valence-corrected chi connectivity index (χ3v) is 4.66. The van der Waals surface area contributed by atoms with Gasteiger partial charge in [0.15, 0.2) is 11.7 Å². The number of hydrogen-bond acceptors (Lipinski definition) is 5. The molecule has 10 heteroatoms. The number of aryl methyl sites for hydroxylation is 1. The molecule has 1 aromatic heterocycles. The zero-order chi connectivity index (χ0) is 21.1. The van der Waals surface area contributed by atoms with E-state index in [-0.39, 0.29) is 22.1 Å². The number of anilines is 1. The fourth-order valence-electron chi connectivity index (χ4n) is 2.49. The van der Waals surface area contributed by atoms with Gasteiger partial charge in [0.2, 0.25) is 5.91 Å². The van der Waals surface area contributed by atoms with Crippen molar-refractivity contribution >= 4 is 28.3 Å².